The number of carbonyl (C=O) groups is 2. The topological polar surface area (TPSA) is 94.0 Å². The van der Waals surface area contributed by atoms with Gasteiger partial charge in [0.25, 0.3) is 0 Å². The van der Waals surface area contributed by atoms with E-state index >= 15 is 0 Å². The van der Waals surface area contributed by atoms with E-state index in [1.165, 1.54) is 0 Å². The minimum absolute atomic E-state index is 0.192. The summed E-state index contributed by atoms with van der Waals surface area (Å²) in [5, 5.41) is 19.5. The number of piperidine rings is 1. The van der Waals surface area contributed by atoms with Crippen LogP contribution in [0.25, 0.3) is 0 Å². The molecule has 0 aliphatic carbocycles. The Bertz CT molecular complexity index is 224. The first-order chi connectivity index (χ1) is 6.74. The van der Waals surface area contributed by atoms with Gasteiger partial charge < -0.3 is 20.3 Å². The molecule has 0 spiro atoms. The predicted molar refractivity (Wildman–Crippen MR) is 51.9 cm³/mol. The molecule has 5 heteroatoms. The molecule has 1 heterocycles. The van der Waals surface area contributed by atoms with Crippen LogP contribution in [0.2, 0.25) is 0 Å². The van der Waals surface area contributed by atoms with Crippen molar-refractivity contribution >= 4 is 11.9 Å². The van der Waals surface area contributed by atoms with Gasteiger partial charge >= 0.3 is 5.97 Å². The van der Waals surface area contributed by atoms with Gasteiger partial charge in [-0.15, -0.1) is 0 Å². The molecular weight excluding hydrogens is 198 g/mol. The summed E-state index contributed by atoms with van der Waals surface area (Å²) in [5.41, 5.74) is 0.325. The molecule has 0 aromatic rings. The Morgan fingerprint density at radius 2 is 1.93 bits per heavy atom. The van der Waals surface area contributed by atoms with Gasteiger partial charge in [-0.05, 0) is 13.3 Å². The van der Waals surface area contributed by atoms with Crippen LogP contribution in [0.15, 0.2) is 0 Å². The van der Waals surface area contributed by atoms with Crippen molar-refractivity contribution in [3.05, 3.63) is 0 Å². The molecule has 0 aromatic heterocycles. The Kier molecular flexibility index (Phi) is 5.28. The molecule has 88 valence electrons. The summed E-state index contributed by atoms with van der Waals surface area (Å²) < 4.78 is 0. The monoisotopic (exact) mass is 217 g/mol. The van der Waals surface area contributed by atoms with Crippen molar-refractivity contribution in [3.63, 3.8) is 0 Å². The first kappa shape index (κ1) is 13.9. The van der Waals surface area contributed by atoms with E-state index < -0.39 is 11.9 Å². The van der Waals surface area contributed by atoms with E-state index in [2.05, 4.69) is 13.8 Å². The molecule has 1 unspecified atom stereocenters. The number of carboxylic acid groups (broad SMARTS) is 2. The number of hydrogen-bond donors (Lipinski definition) is 2. The Morgan fingerprint density at radius 3 is 2.20 bits per heavy atom. The van der Waals surface area contributed by atoms with Crippen molar-refractivity contribution < 1.29 is 25.1 Å². The van der Waals surface area contributed by atoms with Crippen LogP contribution in [-0.2, 0) is 9.59 Å². The van der Waals surface area contributed by atoms with Crippen LogP contribution < -0.4 is 10.4 Å². The quantitative estimate of drug-likeness (QED) is 0.563. The Morgan fingerprint density at radius 1 is 1.47 bits per heavy atom. The van der Waals surface area contributed by atoms with Crippen molar-refractivity contribution in [3.8, 4) is 0 Å². The number of nitrogens with two attached hydrogens (primary N) is 1. The van der Waals surface area contributed by atoms with Crippen molar-refractivity contribution in [2.24, 2.45) is 5.41 Å². The molecule has 0 aromatic carbocycles. The fraction of sp³-hybridized carbons (Fsp3) is 0.800. The minimum atomic E-state index is -1.08. The van der Waals surface area contributed by atoms with Crippen molar-refractivity contribution in [2.75, 3.05) is 6.54 Å². The molecular formula is C10H19NO4. The zero-order valence-electron chi connectivity index (χ0n) is 9.45. The second kappa shape index (κ2) is 5.70. The molecule has 15 heavy (non-hydrogen) atoms. The molecule has 0 radical (unpaired) electrons. The van der Waals surface area contributed by atoms with E-state index in [0.29, 0.717) is 5.41 Å². The van der Waals surface area contributed by atoms with Gasteiger partial charge in [0, 0.05) is 17.8 Å². The molecule has 3 N–H and O–H groups in total. The molecule has 0 saturated carbocycles. The number of carboxylic acids is 2. The van der Waals surface area contributed by atoms with E-state index in [1.54, 1.807) is 0 Å². The molecule has 1 aliphatic heterocycles. The van der Waals surface area contributed by atoms with Crippen molar-refractivity contribution in [1.82, 2.24) is 0 Å². The fourth-order valence-electron chi connectivity index (χ4n) is 1.45. The zero-order valence-corrected chi connectivity index (χ0v) is 9.45. The van der Waals surface area contributed by atoms with Gasteiger partial charge in [0.1, 0.15) is 0 Å². The first-order valence-electron chi connectivity index (χ1n) is 4.98. The van der Waals surface area contributed by atoms with Gasteiger partial charge in [0.05, 0.1) is 6.54 Å². The first-order valence-corrected chi connectivity index (χ1v) is 4.98. The molecule has 1 saturated heterocycles. The lowest BCUT2D eigenvalue weighted by Crippen LogP contribution is -2.95. The van der Waals surface area contributed by atoms with Crippen LogP contribution in [0.4, 0.5) is 0 Å². The summed E-state index contributed by atoms with van der Waals surface area (Å²) in [7, 11) is 0. The summed E-state index contributed by atoms with van der Waals surface area (Å²) in [6.07, 6.45) is 1.84. The Balaban J connectivity index is 0.000000423. The summed E-state index contributed by atoms with van der Waals surface area (Å²) in [6, 6.07) is -0.192. The average molecular weight is 217 g/mol. The van der Waals surface area contributed by atoms with Crippen LogP contribution in [0, 0.1) is 5.41 Å². The molecule has 1 atom stereocenters. The van der Waals surface area contributed by atoms with Gasteiger partial charge in [0.15, 0.2) is 6.04 Å². The molecule has 0 amide bonds. The standard InChI is InChI=1S/C8H15NO2.C2H4O2/c1-8(2)4-3-6(7(10)11)9-5-8;1-2(3)4/h6,9H,3-5H2,1-2H3,(H,10,11);1H3,(H,3,4). The predicted octanol–water partition coefficient (Wildman–Crippen LogP) is -1.42. The normalized spacial score (nSPS) is 23.5. The van der Waals surface area contributed by atoms with Crippen molar-refractivity contribution in [1.29, 1.82) is 0 Å². The largest absolute Gasteiger partial charge is 0.550 e. The van der Waals surface area contributed by atoms with E-state index in [-0.39, 0.29) is 6.04 Å². The second-order valence-electron chi connectivity index (χ2n) is 4.58. The smallest absolute Gasteiger partial charge is 0.362 e. The van der Waals surface area contributed by atoms with E-state index in [9.17, 15) is 4.79 Å². The lowest BCUT2D eigenvalue weighted by atomic mass is 9.83. The zero-order chi connectivity index (χ0) is 12.1. The highest BCUT2D eigenvalue weighted by Gasteiger charge is 2.33. The lowest BCUT2D eigenvalue weighted by molar-refractivity contribution is -0.698. The SMILES string of the molecule is CC(=O)[O-].CC1(C)CCC(C(=O)O)[NH2+]C1. The van der Waals surface area contributed by atoms with Crippen LogP contribution in [0.3, 0.4) is 0 Å². The fourth-order valence-corrected chi connectivity index (χ4v) is 1.45. The minimum Gasteiger partial charge on any atom is -0.550 e. The second-order valence-corrected chi connectivity index (χ2v) is 4.58. The number of hydrogen-bond acceptors (Lipinski definition) is 3. The van der Waals surface area contributed by atoms with Crippen LogP contribution in [0.5, 0.6) is 0 Å². The summed E-state index contributed by atoms with van der Waals surface area (Å²) in [4.78, 5) is 19.4. The number of quaternary nitrogens is 1. The highest BCUT2D eigenvalue weighted by Crippen LogP contribution is 2.22. The van der Waals surface area contributed by atoms with Gasteiger partial charge in [-0.25, -0.2) is 4.79 Å². The van der Waals surface area contributed by atoms with E-state index in [4.69, 9.17) is 15.0 Å². The number of carbonyl (C=O) groups excluding carboxylic acids is 1. The summed E-state index contributed by atoms with van der Waals surface area (Å²) >= 11 is 0. The van der Waals surface area contributed by atoms with Gasteiger partial charge in [-0.2, -0.15) is 0 Å². The highest BCUT2D eigenvalue weighted by atomic mass is 16.4. The van der Waals surface area contributed by atoms with Gasteiger partial charge in [-0.3, -0.25) is 0 Å². The molecule has 1 fully saturated rings. The maximum atomic E-state index is 10.5. The third kappa shape index (κ3) is 6.90. The molecule has 1 aliphatic rings. The van der Waals surface area contributed by atoms with Gasteiger partial charge in [0.2, 0.25) is 0 Å². The highest BCUT2D eigenvalue weighted by molar-refractivity contribution is 5.71. The lowest BCUT2D eigenvalue weighted by Gasteiger charge is -2.30. The molecule has 0 bridgehead atoms. The van der Waals surface area contributed by atoms with Crippen LogP contribution in [-0.4, -0.2) is 29.6 Å². The van der Waals surface area contributed by atoms with Gasteiger partial charge in [-0.1, -0.05) is 13.8 Å². The maximum absolute atomic E-state index is 10.5. The van der Waals surface area contributed by atoms with Crippen LogP contribution in [0.1, 0.15) is 33.6 Å². The van der Waals surface area contributed by atoms with E-state index in [0.717, 1.165) is 26.3 Å². The van der Waals surface area contributed by atoms with E-state index in [1.807, 2.05) is 5.32 Å². The molecule has 5 nitrogen and oxygen atoms in total. The summed E-state index contributed by atoms with van der Waals surface area (Å²) in [6.45, 7) is 6.27. The average Bonchev–Trinajstić information content (AvgIpc) is 2.01. The Labute approximate surface area is 89.5 Å². The number of rotatable bonds is 1. The Hall–Kier alpha value is -1.10. The van der Waals surface area contributed by atoms with Crippen molar-refractivity contribution in [2.45, 2.75) is 39.7 Å². The van der Waals surface area contributed by atoms with Crippen LogP contribution >= 0.6 is 0 Å². The third-order valence-electron chi connectivity index (χ3n) is 2.40. The maximum Gasteiger partial charge on any atom is 0.362 e. The third-order valence-corrected chi connectivity index (χ3v) is 2.40. The molecule has 1 rings (SSSR count). The summed E-state index contributed by atoms with van der Waals surface area (Å²) in [5.74, 6) is -1.75. The number of aliphatic carboxylic acids is 2.